The molecule has 0 bridgehead atoms. The van der Waals surface area contributed by atoms with Crippen molar-refractivity contribution in [2.24, 2.45) is 0 Å². The lowest BCUT2D eigenvalue weighted by molar-refractivity contribution is 0.0374. The fraction of sp³-hybridized carbons (Fsp3) is 0.500. The number of nitrogens with one attached hydrogen (secondary N) is 1. The van der Waals surface area contributed by atoms with Crippen LogP contribution < -0.4 is 15.6 Å². The lowest BCUT2D eigenvalue weighted by atomic mass is 10.0. The number of unbranched alkanes of at least 4 members (excludes halogenated alkanes) is 1. The number of morpholine rings is 1. The monoisotopic (exact) mass is 427 g/mol. The summed E-state index contributed by atoms with van der Waals surface area (Å²) in [5.74, 6) is 0.417. The zero-order valence-electron chi connectivity index (χ0n) is 18.6. The molecule has 1 aromatic heterocycles. The predicted molar refractivity (Wildman–Crippen MR) is 122 cm³/mol. The second-order valence-corrected chi connectivity index (χ2v) is 7.79. The van der Waals surface area contributed by atoms with Crippen molar-refractivity contribution in [3.63, 3.8) is 0 Å². The molecule has 1 amide bonds. The first-order valence-electron chi connectivity index (χ1n) is 11.1. The second kappa shape index (κ2) is 11.7. The third kappa shape index (κ3) is 6.42. The number of carbonyl (C=O) groups is 1. The van der Waals surface area contributed by atoms with Crippen LogP contribution in [0.25, 0.3) is 11.1 Å². The lowest BCUT2D eigenvalue weighted by Crippen LogP contribution is -2.38. The smallest absolute Gasteiger partial charge is 0.263 e. The summed E-state index contributed by atoms with van der Waals surface area (Å²) in [6.07, 6.45) is 4.52. The quantitative estimate of drug-likeness (QED) is 0.591. The van der Waals surface area contributed by atoms with Crippen LogP contribution in [0.2, 0.25) is 0 Å². The van der Waals surface area contributed by atoms with Gasteiger partial charge in [0.25, 0.3) is 11.5 Å². The maximum Gasteiger partial charge on any atom is 0.263 e. The first-order valence-corrected chi connectivity index (χ1v) is 11.1. The number of methoxy groups -OCH3 is 1. The largest absolute Gasteiger partial charge is 0.497 e. The Morgan fingerprint density at radius 3 is 2.68 bits per heavy atom. The Hall–Kier alpha value is -2.64. The molecule has 1 aliphatic rings. The van der Waals surface area contributed by atoms with E-state index in [1.165, 1.54) is 0 Å². The van der Waals surface area contributed by atoms with Crippen molar-refractivity contribution in [3.8, 4) is 16.9 Å². The molecule has 0 saturated carbocycles. The fourth-order valence-corrected chi connectivity index (χ4v) is 3.68. The van der Waals surface area contributed by atoms with Gasteiger partial charge in [0.2, 0.25) is 0 Å². The highest BCUT2D eigenvalue weighted by molar-refractivity contribution is 5.95. The number of carbonyl (C=O) groups excluding carboxylic acids is 1. The number of ether oxygens (including phenoxy) is 2. The van der Waals surface area contributed by atoms with Crippen LogP contribution in [-0.4, -0.2) is 61.9 Å². The van der Waals surface area contributed by atoms with Crippen molar-refractivity contribution < 1.29 is 14.3 Å². The third-order valence-corrected chi connectivity index (χ3v) is 5.53. The minimum absolute atomic E-state index is 0.183. The highest BCUT2D eigenvalue weighted by Gasteiger charge is 2.16. The van der Waals surface area contributed by atoms with Gasteiger partial charge in [-0.25, -0.2) is 0 Å². The molecule has 1 aromatic carbocycles. The van der Waals surface area contributed by atoms with Crippen molar-refractivity contribution in [2.75, 3.05) is 46.5 Å². The third-order valence-electron chi connectivity index (χ3n) is 5.53. The van der Waals surface area contributed by atoms with Gasteiger partial charge in [0.1, 0.15) is 11.3 Å². The van der Waals surface area contributed by atoms with Crippen molar-refractivity contribution in [3.05, 3.63) is 52.4 Å². The molecule has 1 aliphatic heterocycles. The molecule has 2 heterocycles. The van der Waals surface area contributed by atoms with E-state index < -0.39 is 0 Å². The summed E-state index contributed by atoms with van der Waals surface area (Å²) in [6.45, 7) is 7.50. The summed E-state index contributed by atoms with van der Waals surface area (Å²) in [6, 6.07) is 9.33. The first kappa shape index (κ1) is 23.0. The van der Waals surface area contributed by atoms with E-state index in [1.54, 1.807) is 17.7 Å². The van der Waals surface area contributed by atoms with Crippen molar-refractivity contribution >= 4 is 5.91 Å². The first-order chi connectivity index (χ1) is 15.1. The van der Waals surface area contributed by atoms with E-state index in [1.807, 2.05) is 30.5 Å². The van der Waals surface area contributed by atoms with Gasteiger partial charge >= 0.3 is 0 Å². The number of pyridine rings is 1. The minimum Gasteiger partial charge on any atom is -0.497 e. The molecule has 0 radical (unpaired) electrons. The molecule has 7 nitrogen and oxygen atoms in total. The van der Waals surface area contributed by atoms with Gasteiger partial charge in [-0.1, -0.05) is 25.5 Å². The van der Waals surface area contributed by atoms with Crippen molar-refractivity contribution in [1.29, 1.82) is 0 Å². The summed E-state index contributed by atoms with van der Waals surface area (Å²) in [5.41, 5.74) is 1.67. The van der Waals surface area contributed by atoms with Crippen LogP contribution in [0.1, 0.15) is 36.5 Å². The maximum atomic E-state index is 13.0. The SMILES string of the molecule is CCCCn1cc(-c2cccc(OC)c2)cc(C(=O)NCCCN2CCOCC2)c1=O. The molecule has 1 saturated heterocycles. The summed E-state index contributed by atoms with van der Waals surface area (Å²) >= 11 is 0. The predicted octanol–water partition coefficient (Wildman–Crippen LogP) is 2.78. The van der Waals surface area contributed by atoms with E-state index in [4.69, 9.17) is 9.47 Å². The normalized spacial score (nSPS) is 14.4. The van der Waals surface area contributed by atoms with Gasteiger partial charge in [-0.15, -0.1) is 0 Å². The number of hydrogen-bond donors (Lipinski definition) is 1. The standard InChI is InChI=1S/C24H33N3O4/c1-3-4-11-27-18-20(19-7-5-8-21(16-19)30-2)17-22(24(27)29)23(28)25-9-6-10-26-12-14-31-15-13-26/h5,7-8,16-18H,3-4,6,9-15H2,1-2H3,(H,25,28). The second-order valence-electron chi connectivity index (χ2n) is 7.79. The van der Waals surface area contributed by atoms with Crippen LogP contribution in [-0.2, 0) is 11.3 Å². The van der Waals surface area contributed by atoms with Gasteiger partial charge in [-0.2, -0.15) is 0 Å². The van der Waals surface area contributed by atoms with E-state index in [2.05, 4.69) is 17.1 Å². The van der Waals surface area contributed by atoms with Crippen LogP contribution in [0, 0.1) is 0 Å². The number of aryl methyl sites for hydroxylation is 1. The summed E-state index contributed by atoms with van der Waals surface area (Å²) in [5, 5.41) is 2.93. The molecular weight excluding hydrogens is 394 g/mol. The van der Waals surface area contributed by atoms with Gasteiger partial charge < -0.3 is 19.4 Å². The highest BCUT2D eigenvalue weighted by Crippen LogP contribution is 2.24. The maximum absolute atomic E-state index is 13.0. The summed E-state index contributed by atoms with van der Waals surface area (Å²) in [4.78, 5) is 28.2. The minimum atomic E-state index is -0.318. The molecule has 3 rings (SSSR count). The molecule has 1 fully saturated rings. The van der Waals surface area contributed by atoms with E-state index >= 15 is 0 Å². The molecule has 7 heteroatoms. The fourth-order valence-electron chi connectivity index (χ4n) is 3.68. The molecule has 2 aromatic rings. The molecule has 31 heavy (non-hydrogen) atoms. The number of aromatic nitrogens is 1. The number of rotatable bonds is 10. The van der Waals surface area contributed by atoms with Crippen LogP contribution in [0.4, 0.5) is 0 Å². The number of hydrogen-bond acceptors (Lipinski definition) is 5. The van der Waals surface area contributed by atoms with Crippen LogP contribution in [0.3, 0.4) is 0 Å². The molecule has 0 aliphatic carbocycles. The van der Waals surface area contributed by atoms with Gasteiger partial charge in [0, 0.05) is 32.4 Å². The van der Waals surface area contributed by atoms with Gasteiger partial charge in [0.05, 0.1) is 20.3 Å². The number of nitrogens with zero attached hydrogens (tertiary/aromatic N) is 2. The number of benzene rings is 1. The highest BCUT2D eigenvalue weighted by atomic mass is 16.5. The molecule has 1 N–H and O–H groups in total. The van der Waals surface area contributed by atoms with E-state index in [0.717, 1.165) is 69.0 Å². The lowest BCUT2D eigenvalue weighted by Gasteiger charge is -2.26. The van der Waals surface area contributed by atoms with Gasteiger partial charge in [-0.05, 0) is 48.7 Å². The van der Waals surface area contributed by atoms with Crippen LogP contribution in [0.5, 0.6) is 5.75 Å². The summed E-state index contributed by atoms with van der Waals surface area (Å²) < 4.78 is 12.3. The van der Waals surface area contributed by atoms with Crippen LogP contribution in [0.15, 0.2) is 41.3 Å². The Morgan fingerprint density at radius 2 is 1.94 bits per heavy atom. The molecule has 0 unspecified atom stereocenters. The zero-order valence-corrected chi connectivity index (χ0v) is 18.6. The van der Waals surface area contributed by atoms with Crippen molar-refractivity contribution in [2.45, 2.75) is 32.7 Å². The molecule has 0 spiro atoms. The van der Waals surface area contributed by atoms with E-state index in [-0.39, 0.29) is 17.0 Å². The van der Waals surface area contributed by atoms with E-state index in [0.29, 0.717) is 13.1 Å². The summed E-state index contributed by atoms with van der Waals surface area (Å²) in [7, 11) is 1.62. The van der Waals surface area contributed by atoms with Gasteiger partial charge in [0.15, 0.2) is 0 Å². The Labute approximate surface area is 184 Å². The molecule has 168 valence electrons. The van der Waals surface area contributed by atoms with Crippen LogP contribution >= 0.6 is 0 Å². The number of amides is 1. The molecule has 0 atom stereocenters. The topological polar surface area (TPSA) is 72.8 Å². The zero-order chi connectivity index (χ0) is 22.1. The van der Waals surface area contributed by atoms with E-state index in [9.17, 15) is 9.59 Å². The Morgan fingerprint density at radius 1 is 1.13 bits per heavy atom. The van der Waals surface area contributed by atoms with Gasteiger partial charge in [-0.3, -0.25) is 14.5 Å². The molecular formula is C24H33N3O4. The van der Waals surface area contributed by atoms with Crippen molar-refractivity contribution in [1.82, 2.24) is 14.8 Å². The Balaban J connectivity index is 1.75. The Bertz CT molecular complexity index is 919. The average Bonchev–Trinajstić information content (AvgIpc) is 2.81. The average molecular weight is 428 g/mol. The Kier molecular flexibility index (Phi) is 8.67.